The van der Waals surface area contributed by atoms with Crippen molar-refractivity contribution < 1.29 is 19.1 Å². The number of carbonyl (C=O) groups is 3. The molecule has 250 valence electrons. The highest BCUT2D eigenvalue weighted by molar-refractivity contribution is 6.14. The van der Waals surface area contributed by atoms with Gasteiger partial charge in [-0.05, 0) is 49.1 Å². The quantitative estimate of drug-likeness (QED) is 0.369. The lowest BCUT2D eigenvalue weighted by Gasteiger charge is -2.47. The van der Waals surface area contributed by atoms with Crippen LogP contribution in [0.1, 0.15) is 43.2 Å². The standard InChI is InChI=1S/C36H42N8O4/c45-32-36(14-15-37-32)20-26-21-38-34(40-31(26)44(33(36)46)29-8-4-5-9-29)39-27-10-12-28(13-11-27)41-16-18-42(19-17-41)30-22-43(23-30)35(47)48-24-25-6-2-1-3-7-25/h1-3,6-7,10-13,21,29-30H,4-5,8-9,14-20,22-24H2,(H,37,45)(H,38,39,40)/t36-/m1/s1. The summed E-state index contributed by atoms with van der Waals surface area (Å²) in [6, 6.07) is 18.5. The molecule has 1 saturated carbocycles. The smallest absolute Gasteiger partial charge is 0.410 e. The first-order valence-corrected chi connectivity index (χ1v) is 17.3. The van der Waals surface area contributed by atoms with Crippen LogP contribution < -0.4 is 20.4 Å². The molecule has 0 radical (unpaired) electrons. The topological polar surface area (TPSA) is 123 Å². The van der Waals surface area contributed by atoms with Gasteiger partial charge in [-0.15, -0.1) is 0 Å². The van der Waals surface area contributed by atoms with E-state index < -0.39 is 5.41 Å². The third-order valence-electron chi connectivity index (χ3n) is 10.8. The van der Waals surface area contributed by atoms with Gasteiger partial charge in [0.05, 0.1) is 0 Å². The van der Waals surface area contributed by atoms with Crippen molar-refractivity contribution in [2.24, 2.45) is 5.41 Å². The van der Waals surface area contributed by atoms with Crippen LogP contribution in [-0.2, 0) is 27.4 Å². The van der Waals surface area contributed by atoms with Gasteiger partial charge in [-0.3, -0.25) is 19.4 Å². The zero-order valence-corrected chi connectivity index (χ0v) is 27.1. The summed E-state index contributed by atoms with van der Waals surface area (Å²) in [7, 11) is 0. The zero-order valence-electron chi connectivity index (χ0n) is 27.1. The molecule has 12 heteroatoms. The predicted octanol–water partition coefficient (Wildman–Crippen LogP) is 3.70. The van der Waals surface area contributed by atoms with Crippen molar-refractivity contribution in [3.05, 3.63) is 71.9 Å². The Bertz CT molecular complexity index is 1670. The number of ether oxygens (including phenoxy) is 1. The highest BCUT2D eigenvalue weighted by Crippen LogP contribution is 2.44. The summed E-state index contributed by atoms with van der Waals surface area (Å²) in [6.07, 6.45) is 6.41. The Morgan fingerprint density at radius 1 is 0.958 bits per heavy atom. The molecule has 4 fully saturated rings. The highest BCUT2D eigenvalue weighted by Gasteiger charge is 2.56. The lowest BCUT2D eigenvalue weighted by molar-refractivity contribution is -0.140. The molecule has 3 amide bonds. The number of aromatic nitrogens is 2. The van der Waals surface area contributed by atoms with E-state index in [0.29, 0.717) is 56.9 Å². The average Bonchev–Trinajstić information content (AvgIpc) is 3.76. The molecule has 3 saturated heterocycles. The summed E-state index contributed by atoms with van der Waals surface area (Å²) in [5, 5.41) is 6.23. The minimum atomic E-state index is -1.04. The maximum atomic E-state index is 13.9. The molecule has 5 heterocycles. The number of rotatable bonds is 7. The molecular weight excluding hydrogens is 608 g/mol. The van der Waals surface area contributed by atoms with Gasteiger partial charge in [0.15, 0.2) is 0 Å². The van der Waals surface area contributed by atoms with Crippen LogP contribution in [0, 0.1) is 5.41 Å². The maximum Gasteiger partial charge on any atom is 0.410 e. The molecule has 5 aliphatic rings. The first-order chi connectivity index (χ1) is 23.5. The van der Waals surface area contributed by atoms with Gasteiger partial charge >= 0.3 is 6.09 Å². The van der Waals surface area contributed by atoms with E-state index >= 15 is 0 Å². The van der Waals surface area contributed by atoms with Crippen LogP contribution in [0.25, 0.3) is 0 Å². The van der Waals surface area contributed by atoms with Crippen LogP contribution in [0.5, 0.6) is 0 Å². The molecular formula is C36H42N8O4. The van der Waals surface area contributed by atoms with E-state index in [4.69, 9.17) is 9.72 Å². The van der Waals surface area contributed by atoms with Crippen molar-refractivity contribution in [2.45, 2.75) is 57.2 Å². The van der Waals surface area contributed by atoms with Gasteiger partial charge in [0, 0.05) is 87.5 Å². The first kappa shape index (κ1) is 30.6. The normalized spacial score (nSPS) is 23.3. The Labute approximate surface area is 280 Å². The summed E-state index contributed by atoms with van der Waals surface area (Å²) in [4.78, 5) is 57.2. The molecule has 2 aromatic carbocycles. The number of hydrogen-bond donors (Lipinski definition) is 2. The largest absolute Gasteiger partial charge is 0.445 e. The Morgan fingerprint density at radius 2 is 1.71 bits per heavy atom. The first-order valence-electron chi connectivity index (χ1n) is 17.3. The molecule has 1 atom stereocenters. The van der Waals surface area contributed by atoms with Crippen LogP contribution >= 0.6 is 0 Å². The van der Waals surface area contributed by atoms with E-state index in [-0.39, 0.29) is 23.9 Å². The van der Waals surface area contributed by atoms with Crippen molar-refractivity contribution in [3.63, 3.8) is 0 Å². The van der Waals surface area contributed by atoms with Crippen LogP contribution in [0.2, 0.25) is 0 Å². The second-order valence-corrected chi connectivity index (χ2v) is 13.7. The molecule has 0 bridgehead atoms. The molecule has 1 aromatic heterocycles. The minimum Gasteiger partial charge on any atom is -0.445 e. The summed E-state index contributed by atoms with van der Waals surface area (Å²) < 4.78 is 5.48. The fourth-order valence-electron chi connectivity index (χ4n) is 7.94. The van der Waals surface area contributed by atoms with E-state index in [0.717, 1.165) is 74.4 Å². The van der Waals surface area contributed by atoms with Gasteiger partial charge in [-0.1, -0.05) is 43.2 Å². The Hall–Kier alpha value is -4.71. The van der Waals surface area contributed by atoms with Crippen molar-refractivity contribution in [2.75, 3.05) is 60.9 Å². The number of nitrogens with one attached hydrogen (secondary N) is 2. The Balaban J connectivity index is 0.857. The second kappa shape index (κ2) is 12.7. The number of anilines is 4. The second-order valence-electron chi connectivity index (χ2n) is 13.7. The van der Waals surface area contributed by atoms with Gasteiger partial charge in [0.25, 0.3) is 0 Å². The number of benzene rings is 2. The number of nitrogens with zero attached hydrogens (tertiary/aromatic N) is 6. The molecule has 48 heavy (non-hydrogen) atoms. The molecule has 12 nitrogen and oxygen atoms in total. The zero-order chi connectivity index (χ0) is 32.7. The van der Waals surface area contributed by atoms with Crippen LogP contribution in [0.3, 0.4) is 0 Å². The van der Waals surface area contributed by atoms with Crippen molar-refractivity contribution >= 4 is 41.0 Å². The molecule has 3 aromatic rings. The van der Waals surface area contributed by atoms with Crippen LogP contribution in [0.15, 0.2) is 60.8 Å². The molecule has 1 spiro atoms. The number of fused-ring (bicyclic) bond motifs is 1. The van der Waals surface area contributed by atoms with Crippen LogP contribution in [0.4, 0.5) is 27.9 Å². The number of piperazine rings is 1. The van der Waals surface area contributed by atoms with Crippen molar-refractivity contribution in [3.8, 4) is 0 Å². The van der Waals surface area contributed by atoms with Gasteiger partial charge in [-0.25, -0.2) is 9.78 Å². The monoisotopic (exact) mass is 650 g/mol. The van der Waals surface area contributed by atoms with Gasteiger partial charge in [0.2, 0.25) is 17.8 Å². The average molecular weight is 651 g/mol. The summed E-state index contributed by atoms with van der Waals surface area (Å²) in [5.74, 6) is 0.803. The van der Waals surface area contributed by atoms with Crippen LogP contribution in [-0.4, -0.2) is 95.6 Å². The van der Waals surface area contributed by atoms with E-state index in [1.54, 1.807) is 11.1 Å². The Morgan fingerprint density at radius 3 is 2.42 bits per heavy atom. The summed E-state index contributed by atoms with van der Waals surface area (Å²) in [6.45, 7) is 5.97. The maximum absolute atomic E-state index is 13.9. The SMILES string of the molecule is O=C(OCc1ccccc1)N1CC(N2CCN(c3ccc(Nc4ncc5c(n4)N(C4CCCC4)C(=O)[C@]4(CCNC4=O)C5)cc3)CC2)C1. The third-order valence-corrected chi connectivity index (χ3v) is 10.8. The highest BCUT2D eigenvalue weighted by atomic mass is 16.6. The number of likely N-dealkylation sites (tertiary alicyclic amines) is 1. The fraction of sp³-hybridized carbons (Fsp3) is 0.472. The van der Waals surface area contributed by atoms with Crippen molar-refractivity contribution in [1.29, 1.82) is 0 Å². The molecule has 2 N–H and O–H groups in total. The number of carbonyl (C=O) groups excluding carboxylic acids is 3. The Kier molecular flexibility index (Phi) is 8.11. The lowest BCUT2D eigenvalue weighted by Crippen LogP contribution is -2.64. The van der Waals surface area contributed by atoms with E-state index in [9.17, 15) is 14.4 Å². The molecule has 4 aliphatic heterocycles. The van der Waals surface area contributed by atoms with E-state index in [1.807, 2.05) is 47.4 Å². The summed E-state index contributed by atoms with van der Waals surface area (Å²) in [5.41, 5.74) is 2.84. The third kappa shape index (κ3) is 5.72. The van der Waals surface area contributed by atoms with Gasteiger partial charge in [0.1, 0.15) is 17.8 Å². The predicted molar refractivity (Wildman–Crippen MR) is 181 cm³/mol. The minimum absolute atomic E-state index is 0.0639. The van der Waals surface area contributed by atoms with E-state index in [2.05, 4.69) is 37.6 Å². The van der Waals surface area contributed by atoms with Gasteiger partial charge < -0.3 is 25.2 Å². The molecule has 1 aliphatic carbocycles. The number of hydrogen-bond acceptors (Lipinski definition) is 9. The molecule has 8 rings (SSSR count). The molecule has 0 unspecified atom stereocenters. The number of amides is 3. The van der Waals surface area contributed by atoms with E-state index in [1.165, 1.54) is 0 Å². The lowest BCUT2D eigenvalue weighted by atomic mass is 9.76. The fourth-order valence-corrected chi connectivity index (χ4v) is 7.94. The van der Waals surface area contributed by atoms with Crippen molar-refractivity contribution in [1.82, 2.24) is 25.1 Å². The summed E-state index contributed by atoms with van der Waals surface area (Å²) >= 11 is 0. The van der Waals surface area contributed by atoms with Gasteiger partial charge in [-0.2, -0.15) is 4.98 Å².